The third-order valence-corrected chi connectivity index (χ3v) is 1.88. The average Bonchev–Trinajstić information content (AvgIpc) is 1.80. The molecule has 1 aliphatic heterocycles. The summed E-state index contributed by atoms with van der Waals surface area (Å²) in [5, 5.41) is 11.4. The molecule has 1 rings (SSSR count). The molecule has 0 amide bonds. The highest BCUT2D eigenvalue weighted by Gasteiger charge is 2.40. The van der Waals surface area contributed by atoms with E-state index in [0.29, 0.717) is 6.42 Å². The Labute approximate surface area is 59.7 Å². The summed E-state index contributed by atoms with van der Waals surface area (Å²) in [5.41, 5.74) is -0.150. The van der Waals surface area contributed by atoms with Gasteiger partial charge in [-0.25, -0.2) is 0 Å². The van der Waals surface area contributed by atoms with Gasteiger partial charge in [-0.05, 0) is 13.3 Å². The molecule has 0 spiro atoms. The Hall–Kier alpha value is -0.830. The average molecular weight is 141 g/mol. The quantitative estimate of drug-likeness (QED) is 0.546. The van der Waals surface area contributed by atoms with Crippen molar-refractivity contribution in [3.63, 3.8) is 0 Å². The highest BCUT2D eigenvalue weighted by atomic mass is 16.4. The highest BCUT2D eigenvalue weighted by molar-refractivity contribution is 5.75. The van der Waals surface area contributed by atoms with Gasteiger partial charge in [0, 0.05) is 5.54 Å². The molecule has 1 saturated heterocycles. The minimum Gasteiger partial charge on any atom is -0.480 e. The molecule has 0 aliphatic carbocycles. The van der Waals surface area contributed by atoms with Crippen LogP contribution in [0, 0.1) is 0 Å². The minimum atomic E-state index is -0.778. The largest absolute Gasteiger partial charge is 0.480 e. The van der Waals surface area contributed by atoms with Crippen LogP contribution >= 0.6 is 0 Å². The zero-order chi connectivity index (χ0) is 7.78. The first-order chi connectivity index (χ1) is 4.57. The summed E-state index contributed by atoms with van der Waals surface area (Å²) in [5.74, 6) is -0.778. The Balaban J connectivity index is 2.43. The second-order valence-corrected chi connectivity index (χ2v) is 2.86. The lowest BCUT2D eigenvalue weighted by Gasteiger charge is -2.42. The maximum Gasteiger partial charge on any atom is 0.320 e. The Morgan fingerprint density at radius 2 is 2.50 bits per heavy atom. The second-order valence-electron chi connectivity index (χ2n) is 2.86. The molecule has 1 heterocycles. The number of hydrogen-bond acceptors (Lipinski definition) is 2. The van der Waals surface area contributed by atoms with E-state index in [-0.39, 0.29) is 11.6 Å². The molecule has 2 N–H and O–H groups in total. The fourth-order valence-corrected chi connectivity index (χ4v) is 1.09. The molecule has 2 unspecified atom stereocenters. The summed E-state index contributed by atoms with van der Waals surface area (Å²) in [6, 6.07) is -0.372. The fraction of sp³-hybridized carbons (Fsp3) is 0.571. The summed E-state index contributed by atoms with van der Waals surface area (Å²) in [6.07, 6.45) is 2.39. The van der Waals surface area contributed by atoms with Gasteiger partial charge in [0.05, 0.1) is 0 Å². The molecule has 56 valence electrons. The Morgan fingerprint density at radius 3 is 2.80 bits per heavy atom. The number of carboxylic acids is 1. The number of hydrogen-bond donors (Lipinski definition) is 2. The highest BCUT2D eigenvalue weighted by Crippen LogP contribution is 2.24. The SMILES string of the molecule is C=CC1(C)CC(C(=O)O)N1. The van der Waals surface area contributed by atoms with Gasteiger partial charge in [-0.2, -0.15) is 0 Å². The standard InChI is InChI=1S/C7H11NO2/c1-3-7(2)4-5(8-7)6(9)10/h3,5,8H,1,4H2,2H3,(H,9,10). The number of nitrogens with one attached hydrogen (secondary N) is 1. The molecule has 0 aromatic rings. The van der Waals surface area contributed by atoms with E-state index in [2.05, 4.69) is 11.9 Å². The molecule has 1 aliphatic rings. The molecular weight excluding hydrogens is 130 g/mol. The zero-order valence-corrected chi connectivity index (χ0v) is 5.92. The van der Waals surface area contributed by atoms with Crippen molar-refractivity contribution in [2.45, 2.75) is 24.9 Å². The van der Waals surface area contributed by atoms with E-state index >= 15 is 0 Å². The molecule has 3 heteroatoms. The smallest absolute Gasteiger partial charge is 0.320 e. The van der Waals surface area contributed by atoms with Crippen molar-refractivity contribution in [2.75, 3.05) is 0 Å². The van der Waals surface area contributed by atoms with Gasteiger partial charge in [0.2, 0.25) is 0 Å². The monoisotopic (exact) mass is 141 g/mol. The van der Waals surface area contributed by atoms with E-state index in [4.69, 9.17) is 5.11 Å². The Bertz CT molecular complexity index is 170. The van der Waals surface area contributed by atoms with Crippen molar-refractivity contribution in [2.24, 2.45) is 0 Å². The van der Waals surface area contributed by atoms with Gasteiger partial charge >= 0.3 is 5.97 Å². The van der Waals surface area contributed by atoms with Gasteiger partial charge in [-0.15, -0.1) is 6.58 Å². The van der Waals surface area contributed by atoms with Crippen LogP contribution in [0.15, 0.2) is 12.7 Å². The first-order valence-corrected chi connectivity index (χ1v) is 3.21. The van der Waals surface area contributed by atoms with Crippen molar-refractivity contribution in [1.29, 1.82) is 0 Å². The van der Waals surface area contributed by atoms with Crippen LogP contribution in [0.2, 0.25) is 0 Å². The normalized spacial score (nSPS) is 38.3. The van der Waals surface area contributed by atoms with E-state index in [9.17, 15) is 4.79 Å². The van der Waals surface area contributed by atoms with Crippen LogP contribution in [-0.4, -0.2) is 22.7 Å². The summed E-state index contributed by atoms with van der Waals surface area (Å²) >= 11 is 0. The predicted molar refractivity (Wildman–Crippen MR) is 37.8 cm³/mol. The summed E-state index contributed by atoms with van der Waals surface area (Å²) < 4.78 is 0. The first-order valence-electron chi connectivity index (χ1n) is 3.21. The molecule has 10 heavy (non-hydrogen) atoms. The number of rotatable bonds is 2. The summed E-state index contributed by atoms with van der Waals surface area (Å²) in [7, 11) is 0. The maximum absolute atomic E-state index is 10.3. The van der Waals surface area contributed by atoms with Crippen molar-refractivity contribution in [3.8, 4) is 0 Å². The lowest BCUT2D eigenvalue weighted by Crippen LogP contribution is -2.63. The number of carbonyl (C=O) groups is 1. The molecular formula is C7H11NO2. The van der Waals surface area contributed by atoms with Crippen molar-refractivity contribution in [1.82, 2.24) is 5.32 Å². The van der Waals surface area contributed by atoms with Crippen LogP contribution in [0.3, 0.4) is 0 Å². The summed E-state index contributed by atoms with van der Waals surface area (Å²) in [6.45, 7) is 5.52. The molecule has 2 atom stereocenters. The van der Waals surface area contributed by atoms with Crippen molar-refractivity contribution < 1.29 is 9.90 Å². The van der Waals surface area contributed by atoms with E-state index in [0.717, 1.165) is 0 Å². The van der Waals surface area contributed by atoms with Gasteiger partial charge < -0.3 is 5.11 Å². The van der Waals surface area contributed by atoms with Crippen LogP contribution in [0.1, 0.15) is 13.3 Å². The minimum absolute atomic E-state index is 0.150. The van der Waals surface area contributed by atoms with Gasteiger partial charge in [-0.3, -0.25) is 10.1 Å². The molecule has 0 radical (unpaired) electrons. The molecule has 1 fully saturated rings. The third kappa shape index (κ3) is 1.04. The van der Waals surface area contributed by atoms with Crippen LogP contribution < -0.4 is 5.32 Å². The Kier molecular flexibility index (Phi) is 1.52. The first kappa shape index (κ1) is 7.28. The zero-order valence-electron chi connectivity index (χ0n) is 5.92. The fourth-order valence-electron chi connectivity index (χ4n) is 1.09. The van der Waals surface area contributed by atoms with E-state index in [1.54, 1.807) is 6.08 Å². The Morgan fingerprint density at radius 1 is 2.00 bits per heavy atom. The lowest BCUT2D eigenvalue weighted by molar-refractivity contribution is -0.143. The van der Waals surface area contributed by atoms with E-state index in [1.807, 2.05) is 6.92 Å². The van der Waals surface area contributed by atoms with Crippen LogP contribution in [0.4, 0.5) is 0 Å². The van der Waals surface area contributed by atoms with Gasteiger partial charge in [0.1, 0.15) is 6.04 Å². The van der Waals surface area contributed by atoms with Crippen molar-refractivity contribution >= 4 is 5.97 Å². The molecule has 0 saturated carbocycles. The van der Waals surface area contributed by atoms with Crippen LogP contribution in [0.25, 0.3) is 0 Å². The predicted octanol–water partition coefficient (Wildman–Crippen LogP) is 0.378. The van der Waals surface area contributed by atoms with Gasteiger partial charge in [-0.1, -0.05) is 6.08 Å². The molecule has 0 bridgehead atoms. The lowest BCUT2D eigenvalue weighted by atomic mass is 9.83. The van der Waals surface area contributed by atoms with Crippen molar-refractivity contribution in [3.05, 3.63) is 12.7 Å². The molecule has 0 aromatic carbocycles. The molecule has 3 nitrogen and oxygen atoms in total. The maximum atomic E-state index is 10.3. The van der Waals surface area contributed by atoms with Crippen LogP contribution in [0.5, 0.6) is 0 Å². The topological polar surface area (TPSA) is 49.3 Å². The number of aliphatic carboxylic acids is 1. The van der Waals surface area contributed by atoms with Gasteiger partial charge in [0.15, 0.2) is 0 Å². The summed E-state index contributed by atoms with van der Waals surface area (Å²) in [4.78, 5) is 10.3. The van der Waals surface area contributed by atoms with E-state index in [1.165, 1.54) is 0 Å². The van der Waals surface area contributed by atoms with Gasteiger partial charge in [0.25, 0.3) is 0 Å². The van der Waals surface area contributed by atoms with Crippen LogP contribution in [-0.2, 0) is 4.79 Å². The number of carboxylic acid groups (broad SMARTS) is 1. The second kappa shape index (κ2) is 2.09. The molecule has 0 aromatic heterocycles. The third-order valence-electron chi connectivity index (χ3n) is 1.88. The van der Waals surface area contributed by atoms with E-state index < -0.39 is 5.97 Å².